The van der Waals surface area contributed by atoms with Crippen LogP contribution in [0, 0.1) is 0 Å². The van der Waals surface area contributed by atoms with Gasteiger partial charge < -0.3 is 15.1 Å². The Morgan fingerprint density at radius 3 is 2.78 bits per heavy atom. The molecule has 2 N–H and O–H groups in total. The van der Waals surface area contributed by atoms with Crippen molar-refractivity contribution in [2.75, 3.05) is 11.9 Å². The third-order valence-electron chi connectivity index (χ3n) is 2.79. The van der Waals surface area contributed by atoms with Crippen LogP contribution in [0.4, 0.5) is 5.69 Å². The first-order valence-corrected chi connectivity index (χ1v) is 6.61. The molecule has 1 atom stereocenters. The van der Waals surface area contributed by atoms with Crippen molar-refractivity contribution in [3.05, 3.63) is 40.3 Å². The first-order chi connectivity index (χ1) is 8.58. The summed E-state index contributed by atoms with van der Waals surface area (Å²) < 4.78 is 0. The number of rotatable bonds is 4. The van der Waals surface area contributed by atoms with Crippen molar-refractivity contribution >= 4 is 17.0 Å². The molecule has 0 saturated carbocycles. The maximum absolute atomic E-state index is 9.84. The summed E-state index contributed by atoms with van der Waals surface area (Å²) >= 11 is 1.57. The smallest absolute Gasteiger partial charge is 0.123 e. The number of anilines is 1. The summed E-state index contributed by atoms with van der Waals surface area (Å²) in [6, 6.07) is 5.29. The maximum Gasteiger partial charge on any atom is 0.123 e. The Labute approximate surface area is 110 Å². The van der Waals surface area contributed by atoms with Gasteiger partial charge in [0.15, 0.2) is 0 Å². The zero-order valence-corrected chi connectivity index (χ0v) is 11.2. The fourth-order valence-electron chi connectivity index (χ4n) is 1.77. The van der Waals surface area contributed by atoms with Crippen LogP contribution in [0.15, 0.2) is 29.1 Å². The van der Waals surface area contributed by atoms with E-state index in [1.165, 1.54) is 0 Å². The molecule has 0 aliphatic heterocycles. The monoisotopic (exact) mass is 264 g/mol. The lowest BCUT2D eigenvalue weighted by molar-refractivity contribution is 0.195. The van der Waals surface area contributed by atoms with E-state index in [-0.39, 0.29) is 5.75 Å². The van der Waals surface area contributed by atoms with Gasteiger partial charge in [-0.05, 0) is 13.0 Å². The van der Waals surface area contributed by atoms with E-state index in [4.69, 9.17) is 0 Å². The largest absolute Gasteiger partial charge is 0.507 e. The Bertz CT molecular complexity index is 512. The van der Waals surface area contributed by atoms with Crippen LogP contribution in [0.2, 0.25) is 0 Å². The molecule has 1 aromatic heterocycles. The number of aromatic nitrogens is 1. The second-order valence-corrected chi connectivity index (χ2v) is 4.97. The van der Waals surface area contributed by atoms with E-state index in [0.29, 0.717) is 12.1 Å². The minimum atomic E-state index is -0.664. The van der Waals surface area contributed by atoms with Gasteiger partial charge in [-0.3, -0.25) is 0 Å². The van der Waals surface area contributed by atoms with Gasteiger partial charge in [-0.2, -0.15) is 0 Å². The molecule has 2 rings (SSSR count). The van der Waals surface area contributed by atoms with E-state index in [9.17, 15) is 10.2 Å². The Balaban J connectivity index is 2.16. The lowest BCUT2D eigenvalue weighted by atomic mass is 10.1. The SMILES string of the molecule is CC(O)c1ccc(N(C)Cc2cscn2)cc1O. The average Bonchev–Trinajstić information content (AvgIpc) is 2.81. The van der Waals surface area contributed by atoms with Gasteiger partial charge in [0.25, 0.3) is 0 Å². The molecule has 0 bridgehead atoms. The summed E-state index contributed by atoms with van der Waals surface area (Å²) in [5.74, 6) is 0.118. The van der Waals surface area contributed by atoms with Gasteiger partial charge in [0, 0.05) is 29.7 Å². The first-order valence-electron chi connectivity index (χ1n) is 5.67. The number of hydrogen-bond acceptors (Lipinski definition) is 5. The molecule has 0 saturated heterocycles. The number of phenols is 1. The molecule has 4 nitrogen and oxygen atoms in total. The first kappa shape index (κ1) is 12.9. The predicted molar refractivity (Wildman–Crippen MR) is 73.0 cm³/mol. The van der Waals surface area contributed by atoms with Gasteiger partial charge in [0.2, 0.25) is 0 Å². The summed E-state index contributed by atoms with van der Waals surface area (Å²) in [6.07, 6.45) is -0.664. The highest BCUT2D eigenvalue weighted by molar-refractivity contribution is 7.07. The van der Waals surface area contributed by atoms with E-state index >= 15 is 0 Å². The van der Waals surface area contributed by atoms with Gasteiger partial charge in [-0.1, -0.05) is 6.07 Å². The van der Waals surface area contributed by atoms with Crippen LogP contribution in [0.5, 0.6) is 5.75 Å². The molecular weight excluding hydrogens is 248 g/mol. The van der Waals surface area contributed by atoms with Crippen molar-refractivity contribution in [2.45, 2.75) is 19.6 Å². The van der Waals surface area contributed by atoms with Crippen LogP contribution in [0.1, 0.15) is 24.3 Å². The molecule has 0 aliphatic carbocycles. The molecule has 0 aliphatic rings. The molecule has 0 radical (unpaired) electrons. The summed E-state index contributed by atoms with van der Waals surface area (Å²) in [5.41, 5.74) is 4.24. The minimum Gasteiger partial charge on any atom is -0.507 e. The Kier molecular flexibility index (Phi) is 3.84. The van der Waals surface area contributed by atoms with Crippen molar-refractivity contribution < 1.29 is 10.2 Å². The lowest BCUT2D eigenvalue weighted by Gasteiger charge is -2.19. The molecule has 5 heteroatoms. The summed E-state index contributed by atoms with van der Waals surface area (Å²) in [4.78, 5) is 6.22. The second-order valence-electron chi connectivity index (χ2n) is 4.25. The highest BCUT2D eigenvalue weighted by atomic mass is 32.1. The van der Waals surface area contributed by atoms with E-state index in [0.717, 1.165) is 11.4 Å². The molecule has 0 spiro atoms. The number of thiazole rings is 1. The number of aliphatic hydroxyl groups excluding tert-OH is 1. The van der Waals surface area contributed by atoms with Gasteiger partial charge in [-0.25, -0.2) is 4.98 Å². The molecular formula is C13H16N2O2S. The number of aliphatic hydroxyl groups is 1. The number of aromatic hydroxyl groups is 1. The highest BCUT2D eigenvalue weighted by Gasteiger charge is 2.10. The van der Waals surface area contributed by atoms with Crippen molar-refractivity contribution in [1.29, 1.82) is 0 Å². The Hall–Kier alpha value is -1.59. The second kappa shape index (κ2) is 5.37. The van der Waals surface area contributed by atoms with Crippen LogP contribution in [-0.4, -0.2) is 22.2 Å². The quantitative estimate of drug-likeness (QED) is 0.891. The molecule has 0 fully saturated rings. The number of phenolic OH excluding ortho intramolecular Hbond substituents is 1. The third-order valence-corrected chi connectivity index (χ3v) is 3.42. The predicted octanol–water partition coefficient (Wildman–Crippen LogP) is 2.54. The van der Waals surface area contributed by atoms with Gasteiger partial charge >= 0.3 is 0 Å². The van der Waals surface area contributed by atoms with E-state index < -0.39 is 6.10 Å². The van der Waals surface area contributed by atoms with Crippen molar-refractivity contribution in [2.24, 2.45) is 0 Å². The van der Waals surface area contributed by atoms with Crippen LogP contribution < -0.4 is 4.90 Å². The zero-order chi connectivity index (χ0) is 13.1. The third kappa shape index (κ3) is 2.80. The van der Waals surface area contributed by atoms with Crippen molar-refractivity contribution in [1.82, 2.24) is 4.98 Å². The molecule has 2 aromatic rings. The average molecular weight is 264 g/mol. The fourth-order valence-corrected chi connectivity index (χ4v) is 2.32. The van der Waals surface area contributed by atoms with Crippen LogP contribution >= 0.6 is 11.3 Å². The van der Waals surface area contributed by atoms with Gasteiger partial charge in [0.05, 0.1) is 23.9 Å². The summed E-state index contributed by atoms with van der Waals surface area (Å²) in [5, 5.41) is 21.3. The van der Waals surface area contributed by atoms with Gasteiger partial charge in [-0.15, -0.1) is 11.3 Å². The highest BCUT2D eigenvalue weighted by Crippen LogP contribution is 2.29. The Morgan fingerprint density at radius 1 is 1.44 bits per heavy atom. The lowest BCUT2D eigenvalue weighted by Crippen LogP contribution is -2.16. The molecule has 96 valence electrons. The zero-order valence-electron chi connectivity index (χ0n) is 10.4. The number of benzene rings is 1. The molecule has 1 aromatic carbocycles. The molecule has 0 amide bonds. The van der Waals surface area contributed by atoms with Gasteiger partial charge in [0.1, 0.15) is 5.75 Å². The van der Waals surface area contributed by atoms with Crippen LogP contribution in [0.25, 0.3) is 0 Å². The van der Waals surface area contributed by atoms with Crippen LogP contribution in [0.3, 0.4) is 0 Å². The van der Waals surface area contributed by atoms with E-state index in [1.54, 1.807) is 35.9 Å². The maximum atomic E-state index is 9.84. The topological polar surface area (TPSA) is 56.6 Å². The minimum absolute atomic E-state index is 0.118. The summed E-state index contributed by atoms with van der Waals surface area (Å²) in [7, 11) is 1.94. The van der Waals surface area contributed by atoms with Crippen LogP contribution in [-0.2, 0) is 6.54 Å². The number of hydrogen-bond donors (Lipinski definition) is 2. The number of nitrogens with zero attached hydrogens (tertiary/aromatic N) is 2. The molecule has 18 heavy (non-hydrogen) atoms. The fraction of sp³-hybridized carbons (Fsp3) is 0.308. The molecule has 1 unspecified atom stereocenters. The normalized spacial score (nSPS) is 12.4. The van der Waals surface area contributed by atoms with Crippen molar-refractivity contribution in [3.63, 3.8) is 0 Å². The Morgan fingerprint density at radius 2 is 2.22 bits per heavy atom. The standard InChI is InChI=1S/C13H16N2O2S/c1-9(16)12-4-3-11(5-13(12)17)15(2)6-10-7-18-8-14-10/h3-5,7-9,16-17H,6H2,1-2H3. The summed E-state index contributed by atoms with van der Waals surface area (Å²) in [6.45, 7) is 2.32. The van der Waals surface area contributed by atoms with E-state index in [1.807, 2.05) is 23.4 Å². The van der Waals surface area contributed by atoms with Crippen molar-refractivity contribution in [3.8, 4) is 5.75 Å². The van der Waals surface area contributed by atoms with E-state index in [2.05, 4.69) is 4.98 Å². The molecule has 1 heterocycles.